The van der Waals surface area contributed by atoms with Gasteiger partial charge in [-0.1, -0.05) is 11.6 Å². The smallest absolute Gasteiger partial charge is 0.252 e. The van der Waals surface area contributed by atoms with E-state index in [1.54, 1.807) is 18.3 Å². The van der Waals surface area contributed by atoms with Crippen molar-refractivity contribution in [3.8, 4) is 5.75 Å². The quantitative estimate of drug-likeness (QED) is 0.863. The first-order valence-electron chi connectivity index (χ1n) is 5.93. The summed E-state index contributed by atoms with van der Waals surface area (Å²) in [5, 5.41) is 2.88. The van der Waals surface area contributed by atoms with Gasteiger partial charge in [0.15, 0.2) is 0 Å². The first kappa shape index (κ1) is 14.3. The van der Waals surface area contributed by atoms with Gasteiger partial charge in [-0.2, -0.15) is 0 Å². The van der Waals surface area contributed by atoms with Crippen LogP contribution in [0.25, 0.3) is 0 Å². The molecule has 0 saturated heterocycles. The number of nitrogens with zero attached hydrogens (tertiary/aromatic N) is 1. The van der Waals surface area contributed by atoms with E-state index in [4.69, 9.17) is 16.3 Å². The summed E-state index contributed by atoms with van der Waals surface area (Å²) in [6.45, 7) is 0.540. The second-order valence-electron chi connectivity index (χ2n) is 3.92. The number of benzene rings is 1. The highest BCUT2D eigenvalue weighted by Gasteiger charge is 2.05. The molecule has 0 bridgehead atoms. The van der Waals surface area contributed by atoms with Crippen molar-refractivity contribution in [2.24, 2.45) is 0 Å². The Labute approximate surface area is 120 Å². The van der Waals surface area contributed by atoms with Crippen LogP contribution in [0.4, 0.5) is 4.39 Å². The summed E-state index contributed by atoms with van der Waals surface area (Å²) in [5.74, 6) is -0.275. The zero-order valence-electron chi connectivity index (χ0n) is 10.5. The molecule has 1 N–H and O–H groups in total. The van der Waals surface area contributed by atoms with Gasteiger partial charge in [0.05, 0.1) is 17.1 Å². The summed E-state index contributed by atoms with van der Waals surface area (Å²) in [4.78, 5) is 15.5. The third-order valence-electron chi connectivity index (χ3n) is 2.46. The summed E-state index contributed by atoms with van der Waals surface area (Å²) in [6.07, 6.45) is 3.07. The minimum atomic E-state index is -0.424. The van der Waals surface area contributed by atoms with Crippen LogP contribution in [0.3, 0.4) is 0 Å². The minimum Gasteiger partial charge on any atom is -0.490 e. The highest BCUT2D eigenvalue weighted by molar-refractivity contribution is 6.32. The van der Waals surface area contributed by atoms with E-state index in [0.29, 0.717) is 17.9 Å². The van der Waals surface area contributed by atoms with Gasteiger partial charge in [0.25, 0.3) is 5.91 Å². The molecule has 0 atom stereocenters. The van der Waals surface area contributed by atoms with Gasteiger partial charge in [-0.25, -0.2) is 4.39 Å². The number of carbonyl (C=O) groups is 1. The second-order valence-corrected chi connectivity index (χ2v) is 4.33. The molecule has 0 aliphatic heterocycles. The molecule has 0 saturated carbocycles. The summed E-state index contributed by atoms with van der Waals surface area (Å²) >= 11 is 5.81. The van der Waals surface area contributed by atoms with Gasteiger partial charge >= 0.3 is 0 Å². The molecular formula is C14H12ClFN2O2. The first-order valence-corrected chi connectivity index (χ1v) is 6.30. The van der Waals surface area contributed by atoms with Crippen molar-refractivity contribution < 1.29 is 13.9 Å². The standard InChI is InChI=1S/C14H12ClFN2O2/c15-12-8-11(16)3-4-13(12)20-7-6-18-14(19)10-2-1-5-17-9-10/h1-5,8-9H,6-7H2,(H,18,19). The zero-order chi connectivity index (χ0) is 14.4. The molecule has 0 spiro atoms. The number of amides is 1. The van der Waals surface area contributed by atoms with Crippen LogP contribution in [0, 0.1) is 5.82 Å². The Kier molecular flexibility index (Phi) is 4.90. The number of carbonyl (C=O) groups excluding carboxylic acids is 1. The second kappa shape index (κ2) is 6.86. The Balaban J connectivity index is 1.78. The molecule has 0 aliphatic rings. The van der Waals surface area contributed by atoms with E-state index in [9.17, 15) is 9.18 Å². The third-order valence-corrected chi connectivity index (χ3v) is 2.76. The maximum Gasteiger partial charge on any atom is 0.252 e. The number of pyridine rings is 1. The molecular weight excluding hydrogens is 283 g/mol. The van der Waals surface area contributed by atoms with Gasteiger partial charge in [-0.3, -0.25) is 9.78 Å². The average Bonchev–Trinajstić information content (AvgIpc) is 2.46. The first-order chi connectivity index (χ1) is 9.66. The molecule has 0 unspecified atom stereocenters. The number of hydrogen-bond donors (Lipinski definition) is 1. The van der Waals surface area contributed by atoms with Crippen LogP contribution in [0.5, 0.6) is 5.75 Å². The lowest BCUT2D eigenvalue weighted by Crippen LogP contribution is -2.28. The molecule has 0 fully saturated rings. The van der Waals surface area contributed by atoms with Gasteiger partial charge in [-0.15, -0.1) is 0 Å². The number of rotatable bonds is 5. The van der Waals surface area contributed by atoms with Crippen LogP contribution >= 0.6 is 11.6 Å². The number of nitrogens with one attached hydrogen (secondary N) is 1. The number of halogens is 2. The lowest BCUT2D eigenvalue weighted by Gasteiger charge is -2.09. The van der Waals surface area contributed by atoms with Crippen molar-refractivity contribution in [3.63, 3.8) is 0 Å². The Bertz CT molecular complexity index is 593. The van der Waals surface area contributed by atoms with Crippen LogP contribution in [0.2, 0.25) is 5.02 Å². The molecule has 104 valence electrons. The predicted octanol–water partition coefficient (Wildman–Crippen LogP) is 2.68. The number of aromatic nitrogens is 1. The van der Waals surface area contributed by atoms with Gasteiger partial charge in [0, 0.05) is 12.4 Å². The lowest BCUT2D eigenvalue weighted by molar-refractivity contribution is 0.0946. The van der Waals surface area contributed by atoms with Crippen molar-refractivity contribution in [2.45, 2.75) is 0 Å². The molecule has 2 aromatic rings. The molecule has 0 aliphatic carbocycles. The molecule has 0 radical (unpaired) electrons. The highest BCUT2D eigenvalue weighted by Crippen LogP contribution is 2.24. The van der Waals surface area contributed by atoms with Gasteiger partial charge in [0.2, 0.25) is 0 Å². The Morgan fingerprint density at radius 1 is 1.40 bits per heavy atom. The number of ether oxygens (including phenoxy) is 1. The van der Waals surface area contributed by atoms with Crippen LogP contribution in [-0.2, 0) is 0 Å². The third kappa shape index (κ3) is 3.93. The largest absolute Gasteiger partial charge is 0.490 e. The number of hydrogen-bond acceptors (Lipinski definition) is 3. The Hall–Kier alpha value is -2.14. The van der Waals surface area contributed by atoms with E-state index >= 15 is 0 Å². The molecule has 4 nitrogen and oxygen atoms in total. The normalized spacial score (nSPS) is 10.1. The fraction of sp³-hybridized carbons (Fsp3) is 0.143. The molecule has 6 heteroatoms. The fourth-order valence-corrected chi connectivity index (χ4v) is 1.74. The van der Waals surface area contributed by atoms with E-state index in [1.807, 2.05) is 0 Å². The topological polar surface area (TPSA) is 51.2 Å². The molecule has 1 aromatic carbocycles. The predicted molar refractivity (Wildman–Crippen MR) is 73.5 cm³/mol. The van der Waals surface area contributed by atoms with Gasteiger partial charge in [0.1, 0.15) is 18.2 Å². The maximum atomic E-state index is 12.8. The SMILES string of the molecule is O=C(NCCOc1ccc(F)cc1Cl)c1cccnc1. The molecule has 2 rings (SSSR count). The van der Waals surface area contributed by atoms with E-state index in [1.165, 1.54) is 24.4 Å². The Morgan fingerprint density at radius 3 is 2.95 bits per heavy atom. The molecule has 20 heavy (non-hydrogen) atoms. The summed E-state index contributed by atoms with van der Waals surface area (Å²) in [7, 11) is 0. The minimum absolute atomic E-state index is 0.198. The maximum absolute atomic E-state index is 12.8. The summed E-state index contributed by atoms with van der Waals surface area (Å²) in [6, 6.07) is 7.23. The van der Waals surface area contributed by atoms with Gasteiger partial charge in [-0.05, 0) is 30.3 Å². The van der Waals surface area contributed by atoms with E-state index in [0.717, 1.165) is 0 Å². The van der Waals surface area contributed by atoms with Crippen molar-refractivity contribution >= 4 is 17.5 Å². The van der Waals surface area contributed by atoms with Gasteiger partial charge < -0.3 is 10.1 Å². The van der Waals surface area contributed by atoms with Crippen molar-refractivity contribution in [1.82, 2.24) is 10.3 Å². The summed E-state index contributed by atoms with van der Waals surface area (Å²) < 4.78 is 18.2. The van der Waals surface area contributed by atoms with E-state index < -0.39 is 5.82 Å². The average molecular weight is 295 g/mol. The fourth-order valence-electron chi connectivity index (χ4n) is 1.52. The lowest BCUT2D eigenvalue weighted by atomic mass is 10.3. The monoisotopic (exact) mass is 294 g/mol. The molecule has 1 amide bonds. The van der Waals surface area contributed by atoms with E-state index in [-0.39, 0.29) is 17.5 Å². The van der Waals surface area contributed by atoms with Crippen LogP contribution in [0.1, 0.15) is 10.4 Å². The molecule has 1 heterocycles. The summed E-state index contributed by atoms with van der Waals surface area (Å²) in [5.41, 5.74) is 0.479. The van der Waals surface area contributed by atoms with Crippen molar-refractivity contribution in [1.29, 1.82) is 0 Å². The highest BCUT2D eigenvalue weighted by atomic mass is 35.5. The van der Waals surface area contributed by atoms with Crippen molar-refractivity contribution in [3.05, 3.63) is 59.1 Å². The van der Waals surface area contributed by atoms with Crippen LogP contribution in [0.15, 0.2) is 42.7 Å². The van der Waals surface area contributed by atoms with Crippen LogP contribution < -0.4 is 10.1 Å². The van der Waals surface area contributed by atoms with Crippen LogP contribution in [-0.4, -0.2) is 24.0 Å². The molecule has 1 aromatic heterocycles. The van der Waals surface area contributed by atoms with E-state index in [2.05, 4.69) is 10.3 Å². The Morgan fingerprint density at radius 2 is 2.25 bits per heavy atom. The zero-order valence-corrected chi connectivity index (χ0v) is 11.2. The van der Waals surface area contributed by atoms with Crippen molar-refractivity contribution in [2.75, 3.05) is 13.2 Å².